The largest absolute Gasteiger partial charge is 0.480 e. The highest BCUT2D eigenvalue weighted by Gasteiger charge is 2.41. The number of nitrogens with one attached hydrogen (secondary N) is 4. The number of aliphatic carboxylic acids is 1. The van der Waals surface area contributed by atoms with E-state index in [-0.39, 0.29) is 19.4 Å². The summed E-state index contributed by atoms with van der Waals surface area (Å²) in [5, 5.41) is 17.3. The molecule has 0 aliphatic heterocycles. The Labute approximate surface area is 208 Å². The van der Waals surface area contributed by atoms with Crippen molar-refractivity contribution in [1.29, 1.82) is 0 Å². The van der Waals surface area contributed by atoms with Crippen LogP contribution in [0.2, 0.25) is 0 Å². The van der Waals surface area contributed by atoms with Crippen LogP contribution >= 0.6 is 0 Å². The number of hydrogen-bond donors (Lipinski definition) is 5. The van der Waals surface area contributed by atoms with E-state index in [1.54, 1.807) is 20.8 Å². The lowest BCUT2D eigenvalue weighted by Crippen LogP contribution is -2.55. The standard InChI is InChI=1S/C20H30F6N4O7/c1-17(2,3)37-16(36)29-11-6-12(31)30-18(15(34)35,7-4-9-27-13(32)19(21,22)23)8-5-10-28-14(33)20(24,25)26/h4-11H2,1-3H3,(H,27,32)(H,28,33)(H,29,36)(H,30,31)(H,34,35). The minimum atomic E-state index is -5.17. The molecular weight excluding hydrogens is 522 g/mol. The van der Waals surface area contributed by atoms with E-state index < -0.39 is 85.6 Å². The van der Waals surface area contributed by atoms with Gasteiger partial charge in [-0.1, -0.05) is 0 Å². The molecule has 0 unspecified atom stereocenters. The van der Waals surface area contributed by atoms with Crippen molar-refractivity contribution in [3.8, 4) is 0 Å². The number of alkyl carbamates (subject to hydrolysis) is 1. The predicted octanol–water partition coefficient (Wildman–Crippen LogP) is 1.76. The van der Waals surface area contributed by atoms with Crippen molar-refractivity contribution in [2.75, 3.05) is 19.6 Å². The van der Waals surface area contributed by atoms with E-state index in [0.717, 1.165) is 0 Å². The van der Waals surface area contributed by atoms with Gasteiger partial charge in [-0.15, -0.1) is 0 Å². The number of halogens is 6. The van der Waals surface area contributed by atoms with Crippen LogP contribution in [0.1, 0.15) is 52.9 Å². The van der Waals surface area contributed by atoms with Crippen LogP contribution in [0.3, 0.4) is 0 Å². The first-order valence-corrected chi connectivity index (χ1v) is 10.9. The first-order chi connectivity index (χ1) is 16.7. The number of hydrogen-bond acceptors (Lipinski definition) is 6. The zero-order valence-corrected chi connectivity index (χ0v) is 20.3. The molecule has 17 heteroatoms. The van der Waals surface area contributed by atoms with E-state index in [1.165, 1.54) is 10.6 Å². The number of carboxylic acid groups (broad SMARTS) is 1. The molecule has 0 aliphatic rings. The van der Waals surface area contributed by atoms with Crippen LogP contribution in [-0.4, -0.2) is 78.0 Å². The molecule has 0 saturated carbocycles. The van der Waals surface area contributed by atoms with E-state index in [4.69, 9.17) is 4.74 Å². The van der Waals surface area contributed by atoms with Crippen molar-refractivity contribution < 1.29 is 60.2 Å². The second-order valence-electron chi connectivity index (χ2n) is 8.83. The van der Waals surface area contributed by atoms with Crippen molar-refractivity contribution in [3.05, 3.63) is 0 Å². The Kier molecular flexibility index (Phi) is 12.7. The summed E-state index contributed by atoms with van der Waals surface area (Å²) in [6.45, 7) is 3.26. The number of rotatable bonds is 13. The molecule has 0 aromatic rings. The van der Waals surface area contributed by atoms with Crippen LogP contribution in [0.4, 0.5) is 31.1 Å². The lowest BCUT2D eigenvalue weighted by Gasteiger charge is -2.31. The Morgan fingerprint density at radius 3 is 1.51 bits per heavy atom. The van der Waals surface area contributed by atoms with E-state index in [1.807, 2.05) is 0 Å². The Morgan fingerprint density at radius 2 is 1.16 bits per heavy atom. The van der Waals surface area contributed by atoms with Gasteiger partial charge in [-0.05, 0) is 46.5 Å². The van der Waals surface area contributed by atoms with Gasteiger partial charge >= 0.3 is 36.2 Å². The fourth-order valence-electron chi connectivity index (χ4n) is 2.82. The van der Waals surface area contributed by atoms with Gasteiger partial charge in [-0.2, -0.15) is 26.3 Å². The smallest absolute Gasteiger partial charge is 0.471 e. The van der Waals surface area contributed by atoms with Crippen LogP contribution in [0.5, 0.6) is 0 Å². The summed E-state index contributed by atoms with van der Waals surface area (Å²) in [7, 11) is 0. The van der Waals surface area contributed by atoms with E-state index >= 15 is 0 Å². The van der Waals surface area contributed by atoms with Crippen molar-refractivity contribution >= 4 is 29.8 Å². The first kappa shape index (κ1) is 33.7. The highest BCUT2D eigenvalue weighted by molar-refractivity contribution is 5.87. The minimum Gasteiger partial charge on any atom is -0.480 e. The van der Waals surface area contributed by atoms with Gasteiger partial charge < -0.3 is 31.1 Å². The molecule has 214 valence electrons. The van der Waals surface area contributed by atoms with Crippen molar-refractivity contribution in [2.45, 2.75) is 76.4 Å². The molecule has 4 amide bonds. The molecule has 0 rings (SSSR count). The third kappa shape index (κ3) is 14.2. The molecule has 0 radical (unpaired) electrons. The zero-order valence-electron chi connectivity index (χ0n) is 20.3. The minimum absolute atomic E-state index is 0.278. The number of carboxylic acids is 1. The number of carbonyl (C=O) groups is 5. The summed E-state index contributed by atoms with van der Waals surface area (Å²) in [6, 6.07) is 0. The summed E-state index contributed by atoms with van der Waals surface area (Å²) in [5.74, 6) is -7.08. The molecule has 0 fully saturated rings. The number of alkyl halides is 6. The van der Waals surface area contributed by atoms with Gasteiger partial charge in [0.15, 0.2) is 0 Å². The third-order valence-electron chi connectivity index (χ3n) is 4.46. The zero-order chi connectivity index (χ0) is 29.1. The van der Waals surface area contributed by atoms with Crippen LogP contribution in [-0.2, 0) is 23.9 Å². The highest BCUT2D eigenvalue weighted by atomic mass is 19.4. The molecule has 11 nitrogen and oxygen atoms in total. The molecule has 0 aromatic carbocycles. The maximum Gasteiger partial charge on any atom is 0.471 e. The normalized spacial score (nSPS) is 12.4. The second kappa shape index (κ2) is 13.9. The molecule has 5 N–H and O–H groups in total. The van der Waals surface area contributed by atoms with Crippen LogP contribution in [0.25, 0.3) is 0 Å². The lowest BCUT2D eigenvalue weighted by atomic mass is 9.87. The topological polar surface area (TPSA) is 163 Å². The van der Waals surface area contributed by atoms with E-state index in [9.17, 15) is 55.4 Å². The molecule has 0 saturated heterocycles. The monoisotopic (exact) mass is 552 g/mol. The van der Waals surface area contributed by atoms with Gasteiger partial charge in [0.1, 0.15) is 11.1 Å². The van der Waals surface area contributed by atoms with Crippen LogP contribution in [0, 0.1) is 0 Å². The molecule has 37 heavy (non-hydrogen) atoms. The van der Waals surface area contributed by atoms with E-state index in [0.29, 0.717) is 0 Å². The number of ether oxygens (including phenoxy) is 1. The van der Waals surface area contributed by atoms with Crippen molar-refractivity contribution in [3.63, 3.8) is 0 Å². The maximum absolute atomic E-state index is 12.4. The van der Waals surface area contributed by atoms with Crippen LogP contribution < -0.4 is 21.3 Å². The molecular formula is C20H30F6N4O7. The van der Waals surface area contributed by atoms with E-state index in [2.05, 4.69) is 10.6 Å². The predicted molar refractivity (Wildman–Crippen MR) is 114 cm³/mol. The molecule has 0 aliphatic carbocycles. The molecule has 0 bridgehead atoms. The van der Waals surface area contributed by atoms with Gasteiger partial charge in [0.05, 0.1) is 0 Å². The Bertz CT molecular complexity index is 791. The van der Waals surface area contributed by atoms with Crippen molar-refractivity contribution in [1.82, 2.24) is 21.3 Å². The van der Waals surface area contributed by atoms with Gasteiger partial charge in [-0.25, -0.2) is 9.59 Å². The summed E-state index contributed by atoms with van der Waals surface area (Å²) >= 11 is 0. The second-order valence-corrected chi connectivity index (χ2v) is 8.83. The summed E-state index contributed by atoms with van der Waals surface area (Å²) < 4.78 is 78.9. The quantitative estimate of drug-likeness (QED) is 0.172. The lowest BCUT2D eigenvalue weighted by molar-refractivity contribution is -0.173. The highest BCUT2D eigenvalue weighted by Crippen LogP contribution is 2.22. The average Bonchev–Trinajstić information content (AvgIpc) is 2.70. The Hall–Kier alpha value is -3.27. The fourth-order valence-corrected chi connectivity index (χ4v) is 2.82. The van der Waals surface area contributed by atoms with Gasteiger partial charge in [0, 0.05) is 26.1 Å². The Morgan fingerprint density at radius 1 is 0.730 bits per heavy atom. The number of carbonyl (C=O) groups excluding carboxylic acids is 4. The van der Waals surface area contributed by atoms with Crippen molar-refractivity contribution in [2.24, 2.45) is 0 Å². The van der Waals surface area contributed by atoms with Gasteiger partial charge in [0.2, 0.25) is 5.91 Å². The van der Waals surface area contributed by atoms with Gasteiger partial charge in [-0.3, -0.25) is 14.4 Å². The van der Waals surface area contributed by atoms with Crippen LogP contribution in [0.15, 0.2) is 0 Å². The Balaban J connectivity index is 5.24. The summed E-state index contributed by atoms with van der Waals surface area (Å²) in [4.78, 5) is 57.9. The average molecular weight is 552 g/mol. The SMILES string of the molecule is CC(C)(C)OC(=O)NCCC(=O)NC(CCCNC(=O)C(F)(F)F)(CCCNC(=O)C(F)(F)F)C(=O)O. The fraction of sp³-hybridized carbons (Fsp3) is 0.750. The molecule has 0 aromatic heterocycles. The molecule has 0 spiro atoms. The molecule has 0 atom stereocenters. The molecule has 0 heterocycles. The number of amides is 4. The summed E-state index contributed by atoms with van der Waals surface area (Å²) in [6.07, 6.45) is -13.4. The summed E-state index contributed by atoms with van der Waals surface area (Å²) in [5.41, 5.74) is -2.98. The first-order valence-electron chi connectivity index (χ1n) is 10.9. The maximum atomic E-state index is 12.4. The third-order valence-corrected chi connectivity index (χ3v) is 4.46. The van der Waals surface area contributed by atoms with Gasteiger partial charge in [0.25, 0.3) is 0 Å².